The molecule has 2 N–H and O–H groups in total. The van der Waals surface area contributed by atoms with Crippen LogP contribution in [0.2, 0.25) is 0 Å². The molecule has 2 aliphatic heterocycles. The van der Waals surface area contributed by atoms with Crippen LogP contribution in [0.3, 0.4) is 0 Å². The summed E-state index contributed by atoms with van der Waals surface area (Å²) >= 11 is 0. The summed E-state index contributed by atoms with van der Waals surface area (Å²) in [5.74, 6) is -4.11. The minimum atomic E-state index is -3.51. The Morgan fingerprint density at radius 1 is 1.39 bits per heavy atom. The highest BCUT2D eigenvalue weighted by Crippen LogP contribution is 2.40. The summed E-state index contributed by atoms with van der Waals surface area (Å²) in [5.41, 5.74) is -1.93. The smallest absolute Gasteiger partial charge is 0.320 e. The van der Waals surface area contributed by atoms with Crippen molar-refractivity contribution in [1.29, 1.82) is 0 Å². The van der Waals surface area contributed by atoms with Crippen LogP contribution in [0.25, 0.3) is 0 Å². The van der Waals surface area contributed by atoms with Crippen LogP contribution in [0, 0.1) is 11.3 Å². The van der Waals surface area contributed by atoms with Gasteiger partial charge in [-0.25, -0.2) is 8.42 Å². The average Bonchev–Trinajstić information content (AvgIpc) is 2.53. The van der Waals surface area contributed by atoms with Gasteiger partial charge in [0.2, 0.25) is 0 Å². The van der Waals surface area contributed by atoms with Crippen LogP contribution in [0.4, 0.5) is 0 Å². The van der Waals surface area contributed by atoms with Crippen molar-refractivity contribution in [2.24, 2.45) is 11.3 Å². The molecule has 3 unspecified atom stereocenters. The van der Waals surface area contributed by atoms with Crippen molar-refractivity contribution in [1.82, 2.24) is 0 Å². The Bertz CT molecular complexity index is 482. The predicted molar refractivity (Wildman–Crippen MR) is 58.7 cm³/mol. The zero-order valence-corrected chi connectivity index (χ0v) is 10.4. The molecular weight excluding hydrogens is 264 g/mol. The lowest BCUT2D eigenvalue weighted by atomic mass is 9.69. The van der Waals surface area contributed by atoms with E-state index in [1.807, 2.05) is 0 Å². The molecule has 8 heteroatoms. The standard InChI is InChI=1S/C10H14O7S/c11-7-4-18(15,16)3-6(7)10(9(13)14)5-17-2-1-8(10)12/h6-7,11H,1-5H2,(H,13,14). The van der Waals surface area contributed by atoms with Gasteiger partial charge in [-0.15, -0.1) is 0 Å². The number of aliphatic hydroxyl groups is 1. The van der Waals surface area contributed by atoms with Crippen molar-refractivity contribution in [3.05, 3.63) is 0 Å². The summed E-state index contributed by atoms with van der Waals surface area (Å²) in [4.78, 5) is 23.4. The normalized spacial score (nSPS) is 39.7. The third kappa shape index (κ3) is 1.94. The summed E-state index contributed by atoms with van der Waals surface area (Å²) in [7, 11) is -3.51. The third-order valence-corrected chi connectivity index (χ3v) is 5.35. The number of aliphatic carboxylic acids is 1. The summed E-state index contributed by atoms with van der Waals surface area (Å²) in [6.45, 7) is -0.248. The maximum Gasteiger partial charge on any atom is 0.320 e. The number of ketones is 1. The summed E-state index contributed by atoms with van der Waals surface area (Å²) in [6.07, 6.45) is -1.41. The van der Waals surface area contributed by atoms with Crippen molar-refractivity contribution < 1.29 is 33.0 Å². The SMILES string of the molecule is O=C(O)C1(C2CS(=O)(=O)CC2O)COCCC1=O. The number of rotatable bonds is 2. The monoisotopic (exact) mass is 278 g/mol. The van der Waals surface area contributed by atoms with E-state index in [4.69, 9.17) is 4.74 Å². The minimum absolute atomic E-state index is 0.0738. The highest BCUT2D eigenvalue weighted by molar-refractivity contribution is 7.91. The van der Waals surface area contributed by atoms with Gasteiger partial charge in [0.05, 0.1) is 30.8 Å². The molecule has 0 aliphatic carbocycles. The van der Waals surface area contributed by atoms with E-state index < -0.39 is 50.5 Å². The Labute approximate surface area is 104 Å². The fourth-order valence-corrected chi connectivity index (χ4v) is 4.60. The van der Waals surface area contributed by atoms with Gasteiger partial charge in [0, 0.05) is 12.3 Å². The van der Waals surface area contributed by atoms with Crippen LogP contribution in [0.1, 0.15) is 6.42 Å². The molecule has 3 atom stereocenters. The number of Topliss-reactive ketones (excluding diaryl/α,β-unsaturated/α-hetero) is 1. The Balaban J connectivity index is 2.43. The first-order valence-corrected chi connectivity index (χ1v) is 7.35. The quantitative estimate of drug-likeness (QED) is 0.587. The van der Waals surface area contributed by atoms with E-state index in [0.29, 0.717) is 0 Å². The number of carbonyl (C=O) groups excluding carboxylic acids is 1. The Kier molecular flexibility index (Phi) is 3.20. The lowest BCUT2D eigenvalue weighted by molar-refractivity contribution is -0.172. The van der Waals surface area contributed by atoms with Gasteiger partial charge < -0.3 is 14.9 Å². The number of aliphatic hydroxyl groups excluding tert-OH is 1. The number of carboxylic acid groups (broad SMARTS) is 1. The van der Waals surface area contributed by atoms with E-state index in [9.17, 15) is 28.2 Å². The molecule has 0 aromatic heterocycles. The molecule has 0 bridgehead atoms. The molecule has 0 aromatic rings. The number of carboxylic acids is 1. The Hall–Kier alpha value is -0.990. The number of hydrogen-bond donors (Lipinski definition) is 2. The molecule has 0 aromatic carbocycles. The maximum atomic E-state index is 11.9. The molecule has 2 aliphatic rings. The summed E-state index contributed by atoms with van der Waals surface area (Å²) < 4.78 is 28.0. The van der Waals surface area contributed by atoms with E-state index in [1.54, 1.807) is 0 Å². The first-order chi connectivity index (χ1) is 8.29. The third-order valence-electron chi connectivity index (χ3n) is 3.64. The van der Waals surface area contributed by atoms with Crippen LogP contribution < -0.4 is 0 Å². The summed E-state index contributed by atoms with van der Waals surface area (Å²) in [6, 6.07) is 0. The molecule has 18 heavy (non-hydrogen) atoms. The second-order valence-electron chi connectivity index (χ2n) is 4.75. The molecule has 7 nitrogen and oxygen atoms in total. The molecule has 0 spiro atoms. The largest absolute Gasteiger partial charge is 0.480 e. The van der Waals surface area contributed by atoms with Gasteiger partial charge in [0.15, 0.2) is 21.0 Å². The van der Waals surface area contributed by atoms with Crippen molar-refractivity contribution in [3.63, 3.8) is 0 Å². The molecule has 2 fully saturated rings. The zero-order chi connectivity index (χ0) is 13.6. The first kappa shape index (κ1) is 13.4. The van der Waals surface area contributed by atoms with Crippen LogP contribution in [-0.2, 0) is 24.2 Å². The van der Waals surface area contributed by atoms with Crippen LogP contribution in [0.5, 0.6) is 0 Å². The van der Waals surface area contributed by atoms with Gasteiger partial charge in [-0.05, 0) is 0 Å². The van der Waals surface area contributed by atoms with Crippen LogP contribution in [-0.4, -0.2) is 61.2 Å². The topological polar surface area (TPSA) is 118 Å². The molecule has 0 saturated carbocycles. The van der Waals surface area contributed by atoms with E-state index in [2.05, 4.69) is 0 Å². The van der Waals surface area contributed by atoms with Crippen molar-refractivity contribution in [2.45, 2.75) is 12.5 Å². The fraction of sp³-hybridized carbons (Fsp3) is 0.800. The zero-order valence-electron chi connectivity index (χ0n) is 9.53. The molecule has 102 valence electrons. The van der Waals surface area contributed by atoms with Crippen molar-refractivity contribution >= 4 is 21.6 Å². The number of carbonyl (C=O) groups is 2. The van der Waals surface area contributed by atoms with Gasteiger partial charge in [0.1, 0.15) is 0 Å². The summed E-state index contributed by atoms with van der Waals surface area (Å²) in [5, 5.41) is 19.1. The van der Waals surface area contributed by atoms with Gasteiger partial charge in [-0.1, -0.05) is 0 Å². The van der Waals surface area contributed by atoms with Crippen LogP contribution >= 0.6 is 0 Å². The average molecular weight is 278 g/mol. The first-order valence-electron chi connectivity index (χ1n) is 5.52. The molecule has 0 radical (unpaired) electrons. The molecule has 0 amide bonds. The van der Waals surface area contributed by atoms with Crippen molar-refractivity contribution in [2.75, 3.05) is 24.7 Å². The van der Waals surface area contributed by atoms with E-state index in [-0.39, 0.29) is 19.6 Å². The lowest BCUT2D eigenvalue weighted by Gasteiger charge is -2.37. The Morgan fingerprint density at radius 2 is 2.06 bits per heavy atom. The number of hydrogen-bond acceptors (Lipinski definition) is 6. The molecule has 2 rings (SSSR count). The van der Waals surface area contributed by atoms with Gasteiger partial charge in [-0.3, -0.25) is 9.59 Å². The van der Waals surface area contributed by atoms with Crippen LogP contribution in [0.15, 0.2) is 0 Å². The highest BCUT2D eigenvalue weighted by Gasteiger charge is 2.59. The van der Waals surface area contributed by atoms with E-state index in [0.717, 1.165) is 0 Å². The van der Waals surface area contributed by atoms with Crippen molar-refractivity contribution in [3.8, 4) is 0 Å². The van der Waals surface area contributed by atoms with Gasteiger partial charge >= 0.3 is 5.97 Å². The highest BCUT2D eigenvalue weighted by atomic mass is 32.2. The van der Waals surface area contributed by atoms with E-state index >= 15 is 0 Å². The maximum absolute atomic E-state index is 11.9. The lowest BCUT2D eigenvalue weighted by Crippen LogP contribution is -2.55. The minimum Gasteiger partial charge on any atom is -0.480 e. The van der Waals surface area contributed by atoms with Gasteiger partial charge in [0.25, 0.3) is 0 Å². The molecule has 2 saturated heterocycles. The molecular formula is C10H14O7S. The number of sulfone groups is 1. The molecule has 2 heterocycles. The predicted octanol–water partition coefficient (Wildman–Crippen LogP) is -1.55. The number of ether oxygens (including phenoxy) is 1. The second-order valence-corrected chi connectivity index (χ2v) is 6.91. The van der Waals surface area contributed by atoms with E-state index in [1.165, 1.54) is 0 Å². The second kappa shape index (κ2) is 4.29. The fourth-order valence-electron chi connectivity index (χ4n) is 2.65. The van der Waals surface area contributed by atoms with Gasteiger partial charge in [-0.2, -0.15) is 0 Å². The Morgan fingerprint density at radius 3 is 2.50 bits per heavy atom.